The monoisotopic (exact) mass is 398 g/mol. The number of hydrogen-bond donors (Lipinski definition) is 1. The van der Waals surface area contributed by atoms with E-state index in [4.69, 9.17) is 20.2 Å². The van der Waals surface area contributed by atoms with E-state index in [1.54, 1.807) is 7.11 Å². The lowest BCUT2D eigenvalue weighted by Gasteiger charge is -2.23. The van der Waals surface area contributed by atoms with Crippen LogP contribution in [0.3, 0.4) is 0 Å². The van der Waals surface area contributed by atoms with E-state index in [1.807, 2.05) is 23.5 Å². The molecular formula is C22H26N2O3S. The fourth-order valence-electron chi connectivity index (χ4n) is 4.82. The van der Waals surface area contributed by atoms with Crippen molar-refractivity contribution in [2.24, 2.45) is 0 Å². The number of rotatable bonds is 4. The van der Waals surface area contributed by atoms with Crippen molar-refractivity contribution in [3.05, 3.63) is 34.7 Å². The van der Waals surface area contributed by atoms with Gasteiger partial charge in [-0.15, -0.1) is 11.3 Å². The van der Waals surface area contributed by atoms with Gasteiger partial charge < -0.3 is 15.0 Å². The largest absolute Gasteiger partial charge is 0.489 e. The molecule has 28 heavy (non-hydrogen) atoms. The van der Waals surface area contributed by atoms with Crippen molar-refractivity contribution in [2.45, 2.75) is 51.2 Å². The predicted octanol–water partition coefficient (Wildman–Crippen LogP) is 5.47. The number of fused-ring (bicyclic) bond motifs is 5. The molecule has 3 aromatic rings. The quantitative estimate of drug-likeness (QED) is 0.360. The van der Waals surface area contributed by atoms with Gasteiger partial charge in [0, 0.05) is 10.4 Å². The van der Waals surface area contributed by atoms with E-state index in [2.05, 4.69) is 16.7 Å². The number of benzene rings is 1. The molecule has 0 atom stereocenters. The third-order valence-electron chi connectivity index (χ3n) is 6.02. The van der Waals surface area contributed by atoms with E-state index in [0.717, 1.165) is 23.5 Å². The van der Waals surface area contributed by atoms with Gasteiger partial charge in [0.25, 0.3) is 0 Å². The molecule has 0 spiro atoms. The molecule has 0 saturated heterocycles. The fourth-order valence-corrected chi connectivity index (χ4v) is 6.01. The molecule has 1 fully saturated rings. The molecule has 1 aliphatic heterocycles. The number of hydrogen-bond acceptors (Lipinski definition) is 5. The Morgan fingerprint density at radius 1 is 1.25 bits per heavy atom. The molecule has 0 radical (unpaired) electrons. The van der Waals surface area contributed by atoms with E-state index >= 15 is 0 Å². The second kappa shape index (κ2) is 7.43. The van der Waals surface area contributed by atoms with Crippen LogP contribution in [0.15, 0.2) is 24.3 Å². The van der Waals surface area contributed by atoms with Gasteiger partial charge in [-0.1, -0.05) is 25.3 Å². The van der Waals surface area contributed by atoms with Crippen LogP contribution in [0.2, 0.25) is 0 Å². The Bertz CT molecular complexity index is 1000. The molecule has 6 heteroatoms. The molecule has 2 aliphatic rings. The molecule has 0 unspecified atom stereocenters. The number of nitrogen functional groups attached to an aromatic ring is 1. The van der Waals surface area contributed by atoms with Crippen molar-refractivity contribution in [2.75, 3.05) is 19.5 Å². The van der Waals surface area contributed by atoms with Crippen molar-refractivity contribution in [3.8, 4) is 17.0 Å². The van der Waals surface area contributed by atoms with E-state index in [9.17, 15) is 0 Å². The third-order valence-corrected chi connectivity index (χ3v) is 7.15. The predicted molar refractivity (Wildman–Crippen MR) is 113 cm³/mol. The minimum atomic E-state index is 0.481. The first kappa shape index (κ1) is 18.0. The number of nitrogens with zero attached hydrogens (tertiary/aromatic N) is 1. The minimum Gasteiger partial charge on any atom is -0.489 e. The summed E-state index contributed by atoms with van der Waals surface area (Å²) >= 11 is 1.84. The highest BCUT2D eigenvalue weighted by molar-refractivity contribution is 7.19. The molecule has 3 heterocycles. The average Bonchev–Trinajstić information content (AvgIpc) is 3.18. The van der Waals surface area contributed by atoms with Crippen molar-refractivity contribution in [1.29, 1.82) is 0 Å². The summed E-state index contributed by atoms with van der Waals surface area (Å²) in [5.74, 6) is 1.43. The van der Waals surface area contributed by atoms with Crippen molar-refractivity contribution in [3.63, 3.8) is 0 Å². The summed E-state index contributed by atoms with van der Waals surface area (Å²) in [6.07, 6.45) is 6.47. The summed E-state index contributed by atoms with van der Waals surface area (Å²) in [7, 11) is 1.56. The van der Waals surface area contributed by atoms with Crippen LogP contribution in [-0.2, 0) is 22.9 Å². The van der Waals surface area contributed by atoms with Crippen LogP contribution >= 0.6 is 11.3 Å². The molecule has 0 bridgehead atoms. The summed E-state index contributed by atoms with van der Waals surface area (Å²) in [6, 6.07) is 8.39. The van der Waals surface area contributed by atoms with Gasteiger partial charge in [0.15, 0.2) is 5.75 Å². The Kier molecular flexibility index (Phi) is 4.78. The zero-order chi connectivity index (χ0) is 19.1. The van der Waals surface area contributed by atoms with Gasteiger partial charge in [-0.3, -0.25) is 0 Å². The number of thiophene rings is 1. The molecule has 1 aliphatic carbocycles. The van der Waals surface area contributed by atoms with Crippen molar-refractivity contribution in [1.82, 2.24) is 4.57 Å². The summed E-state index contributed by atoms with van der Waals surface area (Å²) in [4.78, 5) is 11.2. The molecule has 1 saturated carbocycles. The standard InChI is InChI=1S/C22H26N2O3S/c1-25-27-13-15-12-18-22(28-15)19(14-6-3-2-4-7-14)20-16-8-5-9-17(23)21(16)26-11-10-24(18)20/h5,8-9,12,14H,2-4,6-7,10-11,13,23H2,1H3. The Balaban J connectivity index is 1.75. The highest BCUT2D eigenvalue weighted by atomic mass is 32.1. The first-order valence-corrected chi connectivity index (χ1v) is 10.9. The van der Waals surface area contributed by atoms with Crippen LogP contribution < -0.4 is 10.5 Å². The first-order chi connectivity index (χ1) is 13.8. The lowest BCUT2D eigenvalue weighted by Crippen LogP contribution is -2.07. The molecule has 2 aromatic heterocycles. The Hall–Kier alpha value is -2.02. The summed E-state index contributed by atoms with van der Waals surface area (Å²) in [5, 5.41) is 0. The van der Waals surface area contributed by atoms with Crippen molar-refractivity contribution >= 4 is 27.2 Å². The van der Waals surface area contributed by atoms with Gasteiger partial charge >= 0.3 is 0 Å². The minimum absolute atomic E-state index is 0.481. The van der Waals surface area contributed by atoms with Gasteiger partial charge in [-0.25, -0.2) is 9.78 Å². The van der Waals surface area contributed by atoms with E-state index in [-0.39, 0.29) is 0 Å². The first-order valence-electron chi connectivity index (χ1n) is 10.1. The van der Waals surface area contributed by atoms with E-state index in [1.165, 1.54) is 58.5 Å². The van der Waals surface area contributed by atoms with Gasteiger partial charge in [0.1, 0.15) is 13.2 Å². The highest BCUT2D eigenvalue weighted by Gasteiger charge is 2.31. The molecule has 5 nitrogen and oxygen atoms in total. The highest BCUT2D eigenvalue weighted by Crippen LogP contribution is 2.50. The molecular weight excluding hydrogens is 372 g/mol. The molecule has 0 amide bonds. The van der Waals surface area contributed by atoms with Crippen LogP contribution in [0.5, 0.6) is 5.75 Å². The second-order valence-corrected chi connectivity index (χ2v) is 8.81. The van der Waals surface area contributed by atoms with Gasteiger partial charge in [-0.05, 0) is 42.5 Å². The zero-order valence-electron chi connectivity index (χ0n) is 16.2. The third kappa shape index (κ3) is 2.91. The van der Waals surface area contributed by atoms with Gasteiger partial charge in [0.2, 0.25) is 0 Å². The van der Waals surface area contributed by atoms with E-state index in [0.29, 0.717) is 19.1 Å². The SMILES string of the molecule is COOCc1cc2c(s1)c(C1CCCCC1)c1n2CCOc2c(N)cccc2-1. The maximum absolute atomic E-state index is 6.28. The topological polar surface area (TPSA) is 58.6 Å². The molecule has 2 N–H and O–H groups in total. The fraction of sp³-hybridized carbons (Fsp3) is 0.455. The summed E-state index contributed by atoms with van der Waals surface area (Å²) < 4.78 is 9.93. The normalized spacial score (nSPS) is 17.2. The number of anilines is 1. The lowest BCUT2D eigenvalue weighted by atomic mass is 9.83. The van der Waals surface area contributed by atoms with Gasteiger partial charge in [0.05, 0.1) is 35.3 Å². The van der Waals surface area contributed by atoms with Crippen LogP contribution in [0, 0.1) is 0 Å². The second-order valence-electron chi connectivity index (χ2n) is 7.68. The van der Waals surface area contributed by atoms with Crippen molar-refractivity contribution < 1.29 is 14.5 Å². The molecule has 5 rings (SSSR count). The van der Waals surface area contributed by atoms with Gasteiger partial charge in [-0.2, -0.15) is 0 Å². The Morgan fingerprint density at radius 3 is 2.93 bits per heavy atom. The van der Waals surface area contributed by atoms with Crippen LogP contribution in [0.4, 0.5) is 5.69 Å². The smallest absolute Gasteiger partial charge is 0.151 e. The number of nitrogens with two attached hydrogens (primary N) is 1. The van der Waals surface area contributed by atoms with E-state index < -0.39 is 0 Å². The van der Waals surface area contributed by atoms with Crippen LogP contribution in [-0.4, -0.2) is 18.3 Å². The Morgan fingerprint density at radius 2 is 2.11 bits per heavy atom. The number of ether oxygens (including phenoxy) is 1. The maximum atomic E-state index is 6.28. The maximum Gasteiger partial charge on any atom is 0.151 e. The lowest BCUT2D eigenvalue weighted by molar-refractivity contribution is -0.281. The number of para-hydroxylation sites is 1. The Labute approximate surface area is 168 Å². The summed E-state index contributed by atoms with van der Waals surface area (Å²) in [5.41, 5.74) is 12.2. The average molecular weight is 399 g/mol. The van der Waals surface area contributed by atoms with Crippen LogP contribution in [0.25, 0.3) is 21.5 Å². The number of aromatic nitrogens is 1. The zero-order valence-corrected chi connectivity index (χ0v) is 17.0. The van der Waals surface area contributed by atoms with Crippen LogP contribution in [0.1, 0.15) is 48.5 Å². The molecule has 148 valence electrons. The summed E-state index contributed by atoms with van der Waals surface area (Å²) in [6.45, 7) is 1.94. The molecule has 1 aromatic carbocycles.